The van der Waals surface area contributed by atoms with Crippen LogP contribution in [0.4, 0.5) is 0 Å². The zero-order valence-electron chi connectivity index (χ0n) is 15.4. The quantitative estimate of drug-likeness (QED) is 0.303. The highest BCUT2D eigenvalue weighted by Gasteiger charge is 2.38. The van der Waals surface area contributed by atoms with Crippen LogP contribution in [0.3, 0.4) is 0 Å². The van der Waals surface area contributed by atoms with E-state index in [2.05, 4.69) is 0 Å². The van der Waals surface area contributed by atoms with Crippen LogP contribution in [0.5, 0.6) is 5.75 Å². The van der Waals surface area contributed by atoms with Gasteiger partial charge < -0.3 is 30.3 Å². The molecule has 1 saturated carbocycles. The van der Waals surface area contributed by atoms with Crippen molar-refractivity contribution < 1.29 is 30.3 Å². The fourth-order valence-corrected chi connectivity index (χ4v) is 3.37. The molecule has 1 fully saturated rings. The third-order valence-corrected chi connectivity index (χ3v) is 4.87. The van der Waals surface area contributed by atoms with Crippen LogP contribution in [-0.2, 0) is 0 Å². The van der Waals surface area contributed by atoms with Gasteiger partial charge >= 0.3 is 6.10 Å². The molecule has 0 amide bonds. The number of aliphatic hydroxyl groups is 5. The van der Waals surface area contributed by atoms with Crippen molar-refractivity contribution in [3.05, 3.63) is 29.8 Å². The summed E-state index contributed by atoms with van der Waals surface area (Å²) < 4.78 is 5.85. The van der Waals surface area contributed by atoms with Gasteiger partial charge in [-0.2, -0.15) is 0 Å². The molecule has 9 heteroatoms. The summed E-state index contributed by atoms with van der Waals surface area (Å²) in [6.45, 7) is 0.254. The zero-order chi connectivity index (χ0) is 20.1. The van der Waals surface area contributed by atoms with Gasteiger partial charge in [0.1, 0.15) is 21.4 Å². The Morgan fingerprint density at radius 3 is 2.37 bits per heavy atom. The first-order valence-corrected chi connectivity index (χ1v) is 9.23. The summed E-state index contributed by atoms with van der Waals surface area (Å²) in [5.74, 6) is 1.20. The summed E-state index contributed by atoms with van der Waals surface area (Å²) in [6.07, 6.45) is 1.58. The van der Waals surface area contributed by atoms with Crippen LogP contribution in [0.25, 0.3) is 0 Å². The van der Waals surface area contributed by atoms with Crippen LogP contribution in [-0.4, -0.2) is 70.9 Å². The number of rotatable bonds is 9. The number of benzene rings is 1. The highest BCUT2D eigenvalue weighted by Crippen LogP contribution is 2.27. The average Bonchev–Trinajstić information content (AvgIpc) is 2.59. The Kier molecular flexibility index (Phi) is 7.73. The van der Waals surface area contributed by atoms with Crippen molar-refractivity contribution in [2.75, 3.05) is 13.2 Å². The molecule has 0 spiro atoms. The van der Waals surface area contributed by atoms with Crippen molar-refractivity contribution in [1.82, 2.24) is 4.90 Å². The predicted octanol–water partition coefficient (Wildman–Crippen LogP) is -0.100. The van der Waals surface area contributed by atoms with Crippen LogP contribution in [0.1, 0.15) is 50.2 Å². The lowest BCUT2D eigenvalue weighted by molar-refractivity contribution is -0.411. The van der Waals surface area contributed by atoms with Gasteiger partial charge in [-0.05, 0) is 42.9 Å². The number of hydrogen-bond acceptors (Lipinski definition) is 7. The van der Waals surface area contributed by atoms with Gasteiger partial charge in [0.2, 0.25) is 0 Å². The molecule has 1 unspecified atom stereocenters. The van der Waals surface area contributed by atoms with Gasteiger partial charge in [0.25, 0.3) is 0 Å². The fraction of sp³-hybridized carbons (Fsp3) is 0.667. The largest absolute Gasteiger partial charge is 0.493 e. The van der Waals surface area contributed by atoms with Crippen molar-refractivity contribution in [3.8, 4) is 5.75 Å². The lowest BCUT2D eigenvalue weighted by Gasteiger charge is -2.40. The standard InChI is InChI=1S/C18H27B2NO6/c19-17(20,23)21(18(24,25)26)10-9-16(22)14-7-4-8-15(11-14)27-12-13-5-2-1-3-6-13/h4,7-8,11,13,16,22-26H,1-3,5-6,9-10,12H2. The molecule has 146 valence electrons. The summed E-state index contributed by atoms with van der Waals surface area (Å²) in [6, 6.07) is 6.97. The van der Waals surface area contributed by atoms with E-state index in [1.54, 1.807) is 18.2 Å². The molecule has 0 bridgehead atoms. The number of aliphatic hydroxyl groups excluding tert-OH is 1. The molecule has 5 N–H and O–H groups in total. The van der Waals surface area contributed by atoms with E-state index >= 15 is 0 Å². The molecule has 1 aliphatic carbocycles. The topological polar surface area (TPSA) is 114 Å². The maximum absolute atomic E-state index is 10.4. The third kappa shape index (κ3) is 7.10. The Balaban J connectivity index is 1.92. The van der Waals surface area contributed by atoms with Crippen LogP contribution < -0.4 is 4.74 Å². The van der Waals surface area contributed by atoms with E-state index in [0.717, 1.165) is 0 Å². The Labute approximate surface area is 162 Å². The third-order valence-electron chi connectivity index (χ3n) is 4.87. The van der Waals surface area contributed by atoms with Gasteiger partial charge in [-0.3, -0.25) is 0 Å². The summed E-state index contributed by atoms with van der Waals surface area (Å²) in [5, 5.41) is 47.6. The molecule has 0 aliphatic heterocycles. The highest BCUT2D eigenvalue weighted by molar-refractivity contribution is 6.38. The van der Waals surface area contributed by atoms with Crippen molar-refractivity contribution in [1.29, 1.82) is 0 Å². The van der Waals surface area contributed by atoms with Crippen LogP contribution in [0.2, 0.25) is 0 Å². The second-order valence-corrected chi connectivity index (χ2v) is 7.23. The van der Waals surface area contributed by atoms with Gasteiger partial charge in [-0.1, -0.05) is 31.4 Å². The molecule has 0 aromatic heterocycles. The molecule has 4 radical (unpaired) electrons. The van der Waals surface area contributed by atoms with Crippen molar-refractivity contribution >= 4 is 15.7 Å². The number of hydrogen-bond donors (Lipinski definition) is 5. The maximum atomic E-state index is 10.4. The Bertz CT molecular complexity index is 570. The minimum absolute atomic E-state index is 0.0772. The first kappa shape index (κ1) is 22.2. The van der Waals surface area contributed by atoms with E-state index in [0.29, 0.717) is 23.8 Å². The van der Waals surface area contributed by atoms with Crippen LogP contribution >= 0.6 is 0 Å². The summed E-state index contributed by atoms with van der Waals surface area (Å²) in [4.78, 5) is 0.243. The zero-order valence-corrected chi connectivity index (χ0v) is 15.4. The van der Waals surface area contributed by atoms with E-state index in [9.17, 15) is 25.5 Å². The molecule has 1 aromatic carbocycles. The minimum Gasteiger partial charge on any atom is -0.493 e. The lowest BCUT2D eigenvalue weighted by Crippen LogP contribution is -2.62. The Morgan fingerprint density at radius 2 is 1.78 bits per heavy atom. The molecule has 1 aliphatic rings. The van der Waals surface area contributed by atoms with Crippen molar-refractivity contribution in [2.24, 2.45) is 5.92 Å². The average molecular weight is 375 g/mol. The number of nitrogens with zero attached hydrogens (tertiary/aromatic N) is 1. The maximum Gasteiger partial charge on any atom is 0.346 e. The van der Waals surface area contributed by atoms with Gasteiger partial charge in [0.15, 0.2) is 0 Å². The summed E-state index contributed by atoms with van der Waals surface area (Å²) in [5.41, 5.74) is -2.13. The molecule has 27 heavy (non-hydrogen) atoms. The van der Waals surface area contributed by atoms with Crippen LogP contribution in [0.15, 0.2) is 24.3 Å². The van der Waals surface area contributed by atoms with E-state index in [4.69, 9.17) is 20.4 Å². The monoisotopic (exact) mass is 375 g/mol. The smallest absolute Gasteiger partial charge is 0.346 e. The first-order chi connectivity index (χ1) is 12.6. The molecule has 0 saturated heterocycles. The van der Waals surface area contributed by atoms with E-state index in [-0.39, 0.29) is 17.9 Å². The molecule has 2 rings (SSSR count). The SMILES string of the molecule is [B]C([B])(O)N(CCC(O)c1cccc(OCC2CCCCC2)c1)C(O)(O)O. The normalized spacial score (nSPS) is 17.9. The second-order valence-electron chi connectivity index (χ2n) is 7.23. The van der Waals surface area contributed by atoms with Gasteiger partial charge in [-0.15, -0.1) is 0 Å². The van der Waals surface area contributed by atoms with Gasteiger partial charge in [-0.25, -0.2) is 4.90 Å². The molecule has 1 atom stereocenters. The summed E-state index contributed by atoms with van der Waals surface area (Å²) >= 11 is 0. The minimum atomic E-state index is -3.43. The predicted molar refractivity (Wildman–Crippen MR) is 101 cm³/mol. The van der Waals surface area contributed by atoms with E-state index in [1.165, 1.54) is 32.1 Å². The van der Waals surface area contributed by atoms with Crippen molar-refractivity contribution in [3.63, 3.8) is 0 Å². The molecule has 7 nitrogen and oxygen atoms in total. The van der Waals surface area contributed by atoms with Gasteiger partial charge in [0, 0.05) is 12.1 Å². The van der Waals surface area contributed by atoms with E-state index in [1.807, 2.05) is 6.07 Å². The molecule has 1 aromatic rings. The molecule has 0 heterocycles. The lowest BCUT2D eigenvalue weighted by atomic mass is 9.71. The first-order valence-electron chi connectivity index (χ1n) is 9.23. The second kappa shape index (κ2) is 9.41. The number of ether oxygens (including phenoxy) is 1. The highest BCUT2D eigenvalue weighted by atomic mass is 16.7. The molecular formula is C18H27B2NO6. The van der Waals surface area contributed by atoms with Crippen LogP contribution in [0, 0.1) is 5.92 Å². The van der Waals surface area contributed by atoms with Crippen molar-refractivity contribution in [2.45, 2.75) is 56.2 Å². The Hall–Kier alpha value is -1.09. The Morgan fingerprint density at radius 1 is 1.11 bits per heavy atom. The summed E-state index contributed by atoms with van der Waals surface area (Å²) in [7, 11) is 10.4. The fourth-order valence-electron chi connectivity index (χ4n) is 3.37. The van der Waals surface area contributed by atoms with E-state index < -0.39 is 17.7 Å². The molecular weight excluding hydrogens is 348 g/mol. The van der Waals surface area contributed by atoms with Gasteiger partial charge in [0.05, 0.1) is 12.7 Å².